The van der Waals surface area contributed by atoms with Gasteiger partial charge in [0.15, 0.2) is 6.29 Å². The van der Waals surface area contributed by atoms with E-state index in [1.165, 1.54) is 0 Å². The maximum atomic E-state index is 10.8. The molecule has 0 aromatic heterocycles. The number of fused-ring (bicyclic) bond motifs is 1. The highest BCUT2D eigenvalue weighted by Gasteiger charge is 2.28. The summed E-state index contributed by atoms with van der Waals surface area (Å²) in [5.74, 6) is -1.10. The molecule has 7 heteroatoms. The number of rotatable bonds is 5. The maximum Gasteiger partial charge on any atom is 0.346 e. The Morgan fingerprint density at radius 3 is 1.90 bits per heavy atom. The predicted octanol–water partition coefficient (Wildman–Crippen LogP) is -0.182. The Labute approximate surface area is 121 Å². The lowest BCUT2D eigenvalue weighted by molar-refractivity contribution is -0.0487. The van der Waals surface area contributed by atoms with Crippen LogP contribution in [0.3, 0.4) is 0 Å². The van der Waals surface area contributed by atoms with Gasteiger partial charge >= 0.3 is 11.9 Å². The van der Waals surface area contributed by atoms with Crippen LogP contribution in [0.25, 0.3) is 0 Å². The molecule has 1 atom stereocenters. The zero-order valence-corrected chi connectivity index (χ0v) is 11.3. The highest BCUT2D eigenvalue weighted by Crippen LogP contribution is 2.18. The summed E-state index contributed by atoms with van der Waals surface area (Å²) in [6.07, 6.45) is -0.852. The Morgan fingerprint density at radius 2 is 1.48 bits per heavy atom. The molecule has 0 radical (unpaired) electrons. The number of benzene rings is 1. The van der Waals surface area contributed by atoms with E-state index in [9.17, 15) is 9.59 Å². The molecule has 21 heavy (non-hydrogen) atoms. The van der Waals surface area contributed by atoms with Crippen molar-refractivity contribution >= 4 is 11.9 Å². The van der Waals surface area contributed by atoms with Crippen molar-refractivity contribution in [2.45, 2.75) is 31.7 Å². The first-order chi connectivity index (χ1) is 9.95. The number of aliphatic hydroxyl groups is 4. The second-order valence-electron chi connectivity index (χ2n) is 4.47. The van der Waals surface area contributed by atoms with Crippen molar-refractivity contribution in [3.63, 3.8) is 0 Å². The zero-order valence-electron chi connectivity index (χ0n) is 11.3. The molecule has 1 unspecified atom stereocenters. The van der Waals surface area contributed by atoms with Crippen LogP contribution in [0.1, 0.15) is 40.0 Å². The third kappa shape index (κ3) is 5.60. The minimum absolute atomic E-state index is 0.247. The van der Waals surface area contributed by atoms with E-state index in [0.717, 1.165) is 0 Å². The Kier molecular flexibility index (Phi) is 6.97. The van der Waals surface area contributed by atoms with Gasteiger partial charge in [0.05, 0.1) is 23.8 Å². The Hall–Kier alpha value is -1.80. The predicted molar refractivity (Wildman–Crippen MR) is 71.4 cm³/mol. The molecule has 0 saturated heterocycles. The fourth-order valence-corrected chi connectivity index (χ4v) is 1.66. The fourth-order valence-electron chi connectivity index (χ4n) is 1.66. The molecule has 1 aliphatic rings. The van der Waals surface area contributed by atoms with Crippen LogP contribution in [0, 0.1) is 0 Å². The van der Waals surface area contributed by atoms with E-state index in [0.29, 0.717) is 24.0 Å². The Morgan fingerprint density at radius 1 is 0.952 bits per heavy atom. The normalized spacial score (nSPS) is 14.3. The molecule has 0 spiro atoms. The number of hydrogen-bond acceptors (Lipinski definition) is 7. The van der Waals surface area contributed by atoms with Crippen molar-refractivity contribution in [3.05, 3.63) is 35.4 Å². The van der Waals surface area contributed by atoms with Gasteiger partial charge in [-0.25, -0.2) is 9.59 Å². The van der Waals surface area contributed by atoms with Gasteiger partial charge in [-0.05, 0) is 31.4 Å². The van der Waals surface area contributed by atoms with Gasteiger partial charge in [0, 0.05) is 0 Å². The van der Waals surface area contributed by atoms with Gasteiger partial charge in [0.25, 0.3) is 0 Å². The Balaban J connectivity index is 0.000000212. The molecular weight excluding hydrogens is 280 g/mol. The van der Waals surface area contributed by atoms with Crippen molar-refractivity contribution in [2.75, 3.05) is 6.61 Å². The molecule has 1 aliphatic heterocycles. The quantitative estimate of drug-likeness (QED) is 0.337. The second-order valence-corrected chi connectivity index (χ2v) is 4.47. The SMILES string of the molecule is O=C1OC(=O)c2ccccc21.OCC(O)CCCC(O)O. The van der Waals surface area contributed by atoms with E-state index in [1.807, 2.05) is 0 Å². The third-order valence-corrected chi connectivity index (χ3v) is 2.76. The molecule has 116 valence electrons. The van der Waals surface area contributed by atoms with Crippen LogP contribution in [-0.2, 0) is 4.74 Å². The van der Waals surface area contributed by atoms with E-state index >= 15 is 0 Å². The largest absolute Gasteiger partial charge is 0.394 e. The van der Waals surface area contributed by atoms with Crippen LogP contribution in [0.5, 0.6) is 0 Å². The Bertz CT molecular complexity index is 451. The topological polar surface area (TPSA) is 124 Å². The summed E-state index contributed by atoms with van der Waals surface area (Å²) in [7, 11) is 0. The van der Waals surface area contributed by atoms with Crippen LogP contribution in [0.15, 0.2) is 24.3 Å². The molecule has 1 aromatic rings. The lowest BCUT2D eigenvalue weighted by Crippen LogP contribution is -2.13. The second kappa shape index (κ2) is 8.48. The minimum Gasteiger partial charge on any atom is -0.394 e. The highest BCUT2D eigenvalue weighted by molar-refractivity contribution is 6.14. The number of hydrogen-bond donors (Lipinski definition) is 4. The van der Waals surface area contributed by atoms with Gasteiger partial charge in [0.2, 0.25) is 0 Å². The zero-order chi connectivity index (χ0) is 15.8. The molecule has 1 heterocycles. The summed E-state index contributed by atoms with van der Waals surface area (Å²) in [5, 5.41) is 33.8. The summed E-state index contributed by atoms with van der Waals surface area (Å²) < 4.78 is 4.35. The van der Waals surface area contributed by atoms with E-state index in [2.05, 4.69) is 4.74 Å². The molecule has 0 amide bonds. The van der Waals surface area contributed by atoms with E-state index < -0.39 is 24.3 Å². The molecule has 0 fully saturated rings. The summed E-state index contributed by atoms with van der Waals surface area (Å²) in [5.41, 5.74) is 0.718. The van der Waals surface area contributed by atoms with Crippen LogP contribution in [0.2, 0.25) is 0 Å². The first-order valence-corrected chi connectivity index (χ1v) is 6.46. The molecule has 1 aromatic carbocycles. The van der Waals surface area contributed by atoms with E-state index in [-0.39, 0.29) is 13.0 Å². The monoisotopic (exact) mass is 298 g/mol. The first kappa shape index (κ1) is 17.3. The van der Waals surface area contributed by atoms with Crippen LogP contribution < -0.4 is 0 Å². The summed E-state index contributed by atoms with van der Waals surface area (Å²) in [6.45, 7) is -0.262. The van der Waals surface area contributed by atoms with Crippen LogP contribution in [0.4, 0.5) is 0 Å². The number of aliphatic hydroxyl groups excluding tert-OH is 3. The van der Waals surface area contributed by atoms with E-state index in [1.54, 1.807) is 24.3 Å². The average Bonchev–Trinajstić information content (AvgIpc) is 2.75. The average molecular weight is 298 g/mol. The molecule has 4 N–H and O–H groups in total. The fraction of sp³-hybridized carbons (Fsp3) is 0.429. The van der Waals surface area contributed by atoms with Gasteiger partial charge < -0.3 is 25.2 Å². The highest BCUT2D eigenvalue weighted by atomic mass is 16.6. The van der Waals surface area contributed by atoms with Gasteiger partial charge in [-0.3, -0.25) is 0 Å². The van der Waals surface area contributed by atoms with Crippen LogP contribution >= 0.6 is 0 Å². The number of carbonyl (C=O) groups is 2. The lowest BCUT2D eigenvalue weighted by atomic mass is 10.1. The van der Waals surface area contributed by atoms with Gasteiger partial charge in [-0.15, -0.1) is 0 Å². The first-order valence-electron chi connectivity index (χ1n) is 6.46. The van der Waals surface area contributed by atoms with Crippen molar-refractivity contribution in [1.82, 2.24) is 0 Å². The van der Waals surface area contributed by atoms with Crippen molar-refractivity contribution in [3.8, 4) is 0 Å². The maximum absolute atomic E-state index is 10.8. The summed E-state index contributed by atoms with van der Waals surface area (Å²) in [4.78, 5) is 21.7. The van der Waals surface area contributed by atoms with Crippen molar-refractivity contribution < 1.29 is 34.8 Å². The number of carbonyl (C=O) groups excluding carboxylic acids is 2. The van der Waals surface area contributed by atoms with Gasteiger partial charge in [-0.1, -0.05) is 12.1 Å². The molecule has 0 bridgehead atoms. The van der Waals surface area contributed by atoms with Gasteiger partial charge in [0.1, 0.15) is 0 Å². The number of ether oxygens (including phenoxy) is 1. The molecule has 0 saturated carbocycles. The summed E-state index contributed by atoms with van der Waals surface area (Å²) >= 11 is 0. The van der Waals surface area contributed by atoms with Crippen molar-refractivity contribution in [1.29, 1.82) is 0 Å². The third-order valence-electron chi connectivity index (χ3n) is 2.76. The summed E-state index contributed by atoms with van der Waals surface area (Å²) in [6, 6.07) is 6.53. The van der Waals surface area contributed by atoms with Crippen LogP contribution in [-0.4, -0.2) is 51.4 Å². The molecular formula is C14H18O7. The molecule has 2 rings (SSSR count). The standard InChI is InChI=1S/C8H4O3.C6H14O4/c9-7-5-3-1-2-4-6(5)8(10)11-7;7-4-5(8)2-1-3-6(9)10/h1-4H;5-10H,1-4H2. The number of cyclic esters (lactones) is 2. The minimum atomic E-state index is -1.30. The lowest BCUT2D eigenvalue weighted by Gasteiger charge is -2.06. The number of esters is 2. The molecule has 7 nitrogen and oxygen atoms in total. The smallest absolute Gasteiger partial charge is 0.346 e. The van der Waals surface area contributed by atoms with Gasteiger partial charge in [-0.2, -0.15) is 0 Å². The van der Waals surface area contributed by atoms with E-state index in [4.69, 9.17) is 20.4 Å². The molecule has 0 aliphatic carbocycles. The van der Waals surface area contributed by atoms with Crippen molar-refractivity contribution in [2.24, 2.45) is 0 Å².